The molecule has 0 aliphatic carbocycles. The Morgan fingerprint density at radius 2 is 1.24 bits per heavy atom. The first-order chi connectivity index (χ1) is 16.5. The van der Waals surface area contributed by atoms with Gasteiger partial charge in [-0.25, -0.2) is 4.79 Å². The number of ether oxygens (including phenoxy) is 3. The summed E-state index contributed by atoms with van der Waals surface area (Å²) < 4.78 is 15.5. The van der Waals surface area contributed by atoms with Crippen molar-refractivity contribution in [2.24, 2.45) is 5.92 Å². The first-order valence-corrected chi connectivity index (χ1v) is 13.3. The van der Waals surface area contributed by atoms with Crippen molar-refractivity contribution in [3.05, 3.63) is 23.8 Å². The molecule has 0 heterocycles. The number of hydrogen-bond donors (Lipinski definition) is 1. The van der Waals surface area contributed by atoms with Crippen molar-refractivity contribution in [2.75, 3.05) is 20.8 Å². The summed E-state index contributed by atoms with van der Waals surface area (Å²) in [5.41, 5.74) is 0.685. The number of carbonyl (C=O) groups is 1. The Morgan fingerprint density at radius 1 is 0.794 bits per heavy atom. The zero-order valence-corrected chi connectivity index (χ0v) is 22.1. The second-order valence-electron chi connectivity index (χ2n) is 9.55. The number of unbranched alkanes of at least 4 members (excludes halogenated alkanes) is 12. The molecule has 0 aliphatic rings. The van der Waals surface area contributed by atoms with Gasteiger partial charge in [-0.05, 0) is 36.1 Å². The van der Waals surface area contributed by atoms with Crippen LogP contribution in [-0.2, 0) is 9.53 Å². The summed E-state index contributed by atoms with van der Waals surface area (Å²) >= 11 is 0. The van der Waals surface area contributed by atoms with Gasteiger partial charge in [-0.2, -0.15) is 0 Å². The van der Waals surface area contributed by atoms with Crippen molar-refractivity contribution >= 4 is 12.0 Å². The first-order valence-electron chi connectivity index (χ1n) is 13.3. The van der Waals surface area contributed by atoms with E-state index in [1.165, 1.54) is 97.3 Å². The van der Waals surface area contributed by atoms with Gasteiger partial charge in [0.25, 0.3) is 0 Å². The van der Waals surface area contributed by atoms with Crippen LogP contribution in [0.4, 0.5) is 0 Å². The van der Waals surface area contributed by atoms with Crippen LogP contribution in [0.5, 0.6) is 17.2 Å². The molecule has 0 fully saturated rings. The van der Waals surface area contributed by atoms with Crippen molar-refractivity contribution in [1.82, 2.24) is 0 Å². The highest BCUT2D eigenvalue weighted by Gasteiger charge is 2.10. The summed E-state index contributed by atoms with van der Waals surface area (Å²) in [6.07, 6.45) is 21.3. The molecule has 0 atom stereocenters. The monoisotopic (exact) mass is 476 g/mol. The minimum atomic E-state index is -0.370. The standard InChI is InChI=1S/C29H48O5/c1-24(2)18-16-14-12-10-8-6-5-7-9-11-13-15-17-21-34-28(30)20-19-25-22-26(32-3)29(31)27(23-25)33-4/h19-20,22-24,31H,5-18,21H2,1-4H3/b20-19+. The van der Waals surface area contributed by atoms with Gasteiger partial charge >= 0.3 is 5.97 Å². The van der Waals surface area contributed by atoms with E-state index in [9.17, 15) is 9.90 Å². The number of rotatable bonds is 20. The van der Waals surface area contributed by atoms with Crippen molar-refractivity contribution in [1.29, 1.82) is 0 Å². The summed E-state index contributed by atoms with van der Waals surface area (Å²) in [4.78, 5) is 11.9. The second-order valence-corrected chi connectivity index (χ2v) is 9.55. The molecular weight excluding hydrogens is 428 g/mol. The van der Waals surface area contributed by atoms with E-state index < -0.39 is 0 Å². The minimum Gasteiger partial charge on any atom is -0.502 e. The Kier molecular flexibility index (Phi) is 16.8. The highest BCUT2D eigenvalue weighted by Crippen LogP contribution is 2.37. The van der Waals surface area contributed by atoms with Crippen LogP contribution >= 0.6 is 0 Å². The topological polar surface area (TPSA) is 65.0 Å². The fourth-order valence-electron chi connectivity index (χ4n) is 3.99. The quantitative estimate of drug-likeness (QED) is 0.117. The molecule has 0 saturated carbocycles. The van der Waals surface area contributed by atoms with Crippen LogP contribution in [0, 0.1) is 5.92 Å². The van der Waals surface area contributed by atoms with Crippen molar-refractivity contribution in [3.63, 3.8) is 0 Å². The molecule has 0 aromatic heterocycles. The summed E-state index contributed by atoms with van der Waals surface area (Å²) in [5, 5.41) is 9.94. The van der Waals surface area contributed by atoms with Crippen LogP contribution in [0.25, 0.3) is 6.08 Å². The van der Waals surface area contributed by atoms with Gasteiger partial charge in [-0.15, -0.1) is 0 Å². The third kappa shape index (κ3) is 14.2. The number of aromatic hydroxyl groups is 1. The zero-order valence-electron chi connectivity index (χ0n) is 22.1. The molecule has 0 radical (unpaired) electrons. The van der Waals surface area contributed by atoms with Crippen LogP contribution in [0.3, 0.4) is 0 Å². The lowest BCUT2D eigenvalue weighted by atomic mass is 10.0. The molecule has 0 unspecified atom stereocenters. The molecule has 1 aromatic rings. The lowest BCUT2D eigenvalue weighted by Gasteiger charge is -2.09. The number of esters is 1. The third-order valence-corrected chi connectivity index (χ3v) is 6.08. The molecule has 0 saturated heterocycles. The highest BCUT2D eigenvalue weighted by atomic mass is 16.5. The zero-order chi connectivity index (χ0) is 25.0. The molecule has 1 rings (SSSR count). The van der Waals surface area contributed by atoms with Crippen LogP contribution < -0.4 is 9.47 Å². The van der Waals surface area contributed by atoms with Gasteiger partial charge in [-0.1, -0.05) is 97.3 Å². The van der Waals surface area contributed by atoms with E-state index in [-0.39, 0.29) is 11.7 Å². The number of methoxy groups -OCH3 is 2. The van der Waals surface area contributed by atoms with Crippen molar-refractivity contribution in [3.8, 4) is 17.2 Å². The van der Waals surface area contributed by atoms with Gasteiger partial charge in [-0.3, -0.25) is 0 Å². The fraction of sp³-hybridized carbons (Fsp3) is 0.690. The molecule has 0 bridgehead atoms. The fourth-order valence-corrected chi connectivity index (χ4v) is 3.99. The SMILES string of the molecule is COc1cc(/C=C/C(=O)OCCCCCCCCCCCCCCCC(C)C)cc(OC)c1O. The summed E-state index contributed by atoms with van der Waals surface area (Å²) in [5.74, 6) is 1.00. The highest BCUT2D eigenvalue weighted by molar-refractivity contribution is 5.87. The smallest absolute Gasteiger partial charge is 0.330 e. The largest absolute Gasteiger partial charge is 0.502 e. The Morgan fingerprint density at radius 3 is 1.68 bits per heavy atom. The van der Waals surface area contributed by atoms with E-state index in [4.69, 9.17) is 14.2 Å². The summed E-state index contributed by atoms with van der Waals surface area (Å²) in [7, 11) is 2.93. The minimum absolute atomic E-state index is 0.0624. The lowest BCUT2D eigenvalue weighted by molar-refractivity contribution is -0.137. The van der Waals surface area contributed by atoms with Gasteiger partial charge < -0.3 is 19.3 Å². The van der Waals surface area contributed by atoms with Gasteiger partial charge in [0, 0.05) is 6.08 Å². The molecule has 0 amide bonds. The molecular formula is C29H48O5. The van der Waals surface area contributed by atoms with E-state index >= 15 is 0 Å². The average Bonchev–Trinajstić information content (AvgIpc) is 2.82. The number of hydrogen-bond acceptors (Lipinski definition) is 5. The number of phenols is 1. The normalized spacial score (nSPS) is 11.3. The van der Waals surface area contributed by atoms with E-state index in [0.717, 1.165) is 18.8 Å². The van der Waals surface area contributed by atoms with Crippen LogP contribution in [-0.4, -0.2) is 31.9 Å². The molecule has 5 nitrogen and oxygen atoms in total. The van der Waals surface area contributed by atoms with Crippen molar-refractivity contribution < 1.29 is 24.1 Å². The van der Waals surface area contributed by atoms with E-state index in [2.05, 4.69) is 13.8 Å². The molecule has 0 spiro atoms. The average molecular weight is 477 g/mol. The maximum absolute atomic E-state index is 11.9. The molecule has 34 heavy (non-hydrogen) atoms. The number of phenolic OH excluding ortho intramolecular Hbond substituents is 1. The predicted octanol–water partition coefficient (Wildman–Crippen LogP) is 8.08. The Balaban J connectivity index is 1.99. The first kappa shape index (κ1) is 29.9. The number of benzene rings is 1. The van der Waals surface area contributed by atoms with Gasteiger partial charge in [0.1, 0.15) is 0 Å². The Hall–Kier alpha value is -2.17. The van der Waals surface area contributed by atoms with Crippen molar-refractivity contribution in [2.45, 2.75) is 104 Å². The summed E-state index contributed by atoms with van der Waals surface area (Å²) in [6, 6.07) is 3.27. The van der Waals surface area contributed by atoms with Gasteiger partial charge in [0.15, 0.2) is 11.5 Å². The molecule has 0 aliphatic heterocycles. The Bertz CT molecular complexity index is 671. The maximum Gasteiger partial charge on any atom is 0.330 e. The van der Waals surface area contributed by atoms with Crippen LogP contribution in [0.1, 0.15) is 109 Å². The second kappa shape index (κ2) is 19.2. The molecule has 1 N–H and O–H groups in total. The molecule has 1 aromatic carbocycles. The van der Waals surface area contributed by atoms with E-state index in [1.54, 1.807) is 18.2 Å². The predicted molar refractivity (Wildman–Crippen MR) is 141 cm³/mol. The maximum atomic E-state index is 11.9. The van der Waals surface area contributed by atoms with Gasteiger partial charge in [0.2, 0.25) is 5.75 Å². The molecule has 194 valence electrons. The lowest BCUT2D eigenvalue weighted by Crippen LogP contribution is -2.02. The van der Waals surface area contributed by atoms with Crippen LogP contribution in [0.15, 0.2) is 18.2 Å². The Labute approximate surface area is 207 Å². The van der Waals surface area contributed by atoms with E-state index in [1.807, 2.05) is 0 Å². The molecule has 5 heteroatoms. The van der Waals surface area contributed by atoms with Gasteiger partial charge in [0.05, 0.1) is 20.8 Å². The van der Waals surface area contributed by atoms with E-state index in [0.29, 0.717) is 23.7 Å². The number of carbonyl (C=O) groups excluding carboxylic acids is 1. The van der Waals surface area contributed by atoms with Crippen LogP contribution in [0.2, 0.25) is 0 Å². The third-order valence-electron chi connectivity index (χ3n) is 6.08. The summed E-state index contributed by atoms with van der Waals surface area (Å²) in [6.45, 7) is 5.07.